The summed E-state index contributed by atoms with van der Waals surface area (Å²) >= 11 is 1.53. The van der Waals surface area contributed by atoms with Gasteiger partial charge < -0.3 is 9.80 Å². The number of hydrogen-bond acceptors (Lipinski definition) is 5. The summed E-state index contributed by atoms with van der Waals surface area (Å²) in [5.41, 5.74) is 5.31. The lowest BCUT2D eigenvalue weighted by molar-refractivity contribution is -0.133. The molecule has 7 nitrogen and oxygen atoms in total. The lowest BCUT2D eigenvalue weighted by atomic mass is 10.00. The molecule has 2 aromatic heterocycles. The van der Waals surface area contributed by atoms with Gasteiger partial charge in [-0.3, -0.25) is 14.3 Å². The Bertz CT molecular complexity index is 944. The minimum absolute atomic E-state index is 0.0797. The summed E-state index contributed by atoms with van der Waals surface area (Å²) < 4.78 is 2.07. The van der Waals surface area contributed by atoms with Crippen LogP contribution in [-0.2, 0) is 30.8 Å². The molecular weight excluding hydrogens is 410 g/mol. The third-order valence-electron chi connectivity index (χ3n) is 6.98. The quantitative estimate of drug-likeness (QED) is 0.659. The number of carbonyl (C=O) groups is 2. The number of nitrogens with zero attached hydrogens (tertiary/aromatic N) is 5. The second-order valence-corrected chi connectivity index (χ2v) is 10.2. The van der Waals surface area contributed by atoms with Gasteiger partial charge in [-0.1, -0.05) is 12.8 Å². The van der Waals surface area contributed by atoms with Gasteiger partial charge in [0.05, 0.1) is 17.7 Å². The molecule has 0 N–H and O–H groups in total. The van der Waals surface area contributed by atoms with E-state index in [2.05, 4.69) is 9.67 Å². The van der Waals surface area contributed by atoms with Crippen molar-refractivity contribution in [2.75, 3.05) is 13.6 Å². The Kier molecular flexibility index (Phi) is 5.82. The van der Waals surface area contributed by atoms with Crippen molar-refractivity contribution in [3.05, 3.63) is 33.5 Å². The minimum atomic E-state index is -0.0797. The van der Waals surface area contributed by atoms with Crippen LogP contribution in [0.4, 0.5) is 0 Å². The lowest BCUT2D eigenvalue weighted by Crippen LogP contribution is -2.38. The standard InChI is InChI=1S/C23H31N5O2S/c1-26(12-18-14-31-15-24-18)23(30)22-19-13-27(21(29)10-16-4-2-3-5-16)9-8-20(19)28(25-22)11-17-6-7-17/h14-17H,2-13H2,1H3. The van der Waals surface area contributed by atoms with Gasteiger partial charge in [0, 0.05) is 56.2 Å². The molecule has 0 spiro atoms. The maximum absolute atomic E-state index is 13.3. The minimum Gasteiger partial charge on any atom is -0.338 e. The first-order valence-corrected chi connectivity index (χ1v) is 12.5. The molecule has 31 heavy (non-hydrogen) atoms. The van der Waals surface area contributed by atoms with Gasteiger partial charge in [-0.05, 0) is 37.5 Å². The zero-order valence-corrected chi connectivity index (χ0v) is 19.1. The molecule has 166 valence electrons. The predicted octanol–water partition coefficient (Wildman–Crippen LogP) is 3.49. The van der Waals surface area contributed by atoms with E-state index in [0.29, 0.717) is 37.0 Å². The average molecular weight is 442 g/mol. The highest BCUT2D eigenvalue weighted by Gasteiger charge is 2.33. The number of thiazole rings is 1. The van der Waals surface area contributed by atoms with E-state index in [-0.39, 0.29) is 11.8 Å². The van der Waals surface area contributed by atoms with Crippen LogP contribution in [0.25, 0.3) is 0 Å². The van der Waals surface area contributed by atoms with Crippen molar-refractivity contribution in [2.24, 2.45) is 11.8 Å². The third kappa shape index (κ3) is 4.54. The van der Waals surface area contributed by atoms with Gasteiger partial charge >= 0.3 is 0 Å². The number of amides is 2. The number of rotatable bonds is 7. The summed E-state index contributed by atoms with van der Waals surface area (Å²) in [6.07, 6.45) is 8.78. The van der Waals surface area contributed by atoms with E-state index in [1.165, 1.54) is 49.9 Å². The average Bonchev–Trinajstić information content (AvgIpc) is 3.14. The summed E-state index contributed by atoms with van der Waals surface area (Å²) in [4.78, 5) is 34.3. The molecule has 0 unspecified atom stereocenters. The van der Waals surface area contributed by atoms with Crippen molar-refractivity contribution in [1.29, 1.82) is 0 Å². The molecule has 0 bridgehead atoms. The summed E-state index contributed by atoms with van der Waals surface area (Å²) in [5.74, 6) is 1.38. The normalized spacial score (nSPS) is 18.9. The van der Waals surface area contributed by atoms with E-state index >= 15 is 0 Å². The maximum Gasteiger partial charge on any atom is 0.274 e. The molecule has 3 heterocycles. The zero-order chi connectivity index (χ0) is 21.4. The van der Waals surface area contributed by atoms with Crippen LogP contribution < -0.4 is 0 Å². The largest absolute Gasteiger partial charge is 0.338 e. The van der Waals surface area contributed by atoms with E-state index in [0.717, 1.165) is 36.5 Å². The molecule has 2 fully saturated rings. The van der Waals surface area contributed by atoms with Gasteiger partial charge in [0.1, 0.15) is 0 Å². The van der Waals surface area contributed by atoms with Crippen LogP contribution in [-0.4, -0.2) is 50.0 Å². The molecule has 0 radical (unpaired) electrons. The van der Waals surface area contributed by atoms with Gasteiger partial charge in [0.2, 0.25) is 5.91 Å². The monoisotopic (exact) mass is 441 g/mol. The summed E-state index contributed by atoms with van der Waals surface area (Å²) in [6, 6.07) is 0. The van der Waals surface area contributed by atoms with E-state index in [9.17, 15) is 9.59 Å². The lowest BCUT2D eigenvalue weighted by Gasteiger charge is -2.29. The van der Waals surface area contributed by atoms with Crippen molar-refractivity contribution in [3.63, 3.8) is 0 Å². The van der Waals surface area contributed by atoms with Gasteiger partial charge in [-0.2, -0.15) is 5.10 Å². The zero-order valence-electron chi connectivity index (χ0n) is 18.3. The molecule has 3 aliphatic rings. The van der Waals surface area contributed by atoms with Crippen LogP contribution in [0.5, 0.6) is 0 Å². The van der Waals surface area contributed by atoms with Crippen LogP contribution >= 0.6 is 11.3 Å². The number of aromatic nitrogens is 3. The third-order valence-corrected chi connectivity index (χ3v) is 7.62. The highest BCUT2D eigenvalue weighted by Crippen LogP contribution is 2.34. The Labute approximate surface area is 187 Å². The van der Waals surface area contributed by atoms with Crippen LogP contribution in [0, 0.1) is 11.8 Å². The molecule has 0 saturated heterocycles. The first-order chi connectivity index (χ1) is 15.1. The summed E-state index contributed by atoms with van der Waals surface area (Å²) in [7, 11) is 1.81. The Morgan fingerprint density at radius 3 is 2.71 bits per heavy atom. The van der Waals surface area contributed by atoms with Crippen LogP contribution in [0.2, 0.25) is 0 Å². The van der Waals surface area contributed by atoms with Crippen molar-refractivity contribution in [1.82, 2.24) is 24.6 Å². The molecule has 2 aliphatic carbocycles. The van der Waals surface area contributed by atoms with Gasteiger partial charge in [0.15, 0.2) is 5.69 Å². The molecule has 0 aromatic carbocycles. The number of fused-ring (bicyclic) bond motifs is 1. The Morgan fingerprint density at radius 2 is 2.00 bits per heavy atom. The molecular formula is C23H31N5O2S. The van der Waals surface area contributed by atoms with E-state index in [1.807, 2.05) is 10.3 Å². The molecule has 0 atom stereocenters. The number of carbonyl (C=O) groups excluding carboxylic acids is 2. The van der Waals surface area contributed by atoms with Crippen LogP contribution in [0.1, 0.15) is 72.4 Å². The summed E-state index contributed by atoms with van der Waals surface area (Å²) in [5, 5.41) is 6.76. The highest BCUT2D eigenvalue weighted by atomic mass is 32.1. The fourth-order valence-electron chi connectivity index (χ4n) is 4.97. The van der Waals surface area contributed by atoms with Gasteiger partial charge in [-0.15, -0.1) is 11.3 Å². The molecule has 8 heteroatoms. The fourth-order valence-corrected chi connectivity index (χ4v) is 5.52. The molecule has 2 saturated carbocycles. The Morgan fingerprint density at radius 1 is 1.19 bits per heavy atom. The first-order valence-electron chi connectivity index (χ1n) is 11.6. The topological polar surface area (TPSA) is 71.3 Å². The Balaban J connectivity index is 1.36. The van der Waals surface area contributed by atoms with Crippen molar-refractivity contribution in [3.8, 4) is 0 Å². The van der Waals surface area contributed by atoms with Gasteiger partial charge in [0.25, 0.3) is 5.91 Å². The molecule has 2 aromatic rings. The van der Waals surface area contributed by atoms with Gasteiger partial charge in [-0.25, -0.2) is 4.98 Å². The first kappa shape index (κ1) is 20.7. The van der Waals surface area contributed by atoms with Crippen molar-refractivity contribution in [2.45, 2.75) is 71.0 Å². The molecule has 5 rings (SSSR count). The molecule has 2 amide bonds. The van der Waals surface area contributed by atoms with E-state index < -0.39 is 0 Å². The highest BCUT2D eigenvalue weighted by molar-refractivity contribution is 7.07. The SMILES string of the molecule is CN(Cc1cscn1)C(=O)c1nn(CC2CC2)c2c1CN(C(=O)CC1CCCC1)CC2. The van der Waals surface area contributed by atoms with Crippen molar-refractivity contribution >= 4 is 23.2 Å². The van der Waals surface area contributed by atoms with Crippen molar-refractivity contribution < 1.29 is 9.59 Å². The second-order valence-electron chi connectivity index (χ2n) is 9.46. The predicted molar refractivity (Wildman–Crippen MR) is 119 cm³/mol. The maximum atomic E-state index is 13.3. The summed E-state index contributed by atoms with van der Waals surface area (Å²) in [6.45, 7) is 2.60. The fraction of sp³-hybridized carbons (Fsp3) is 0.652. The smallest absolute Gasteiger partial charge is 0.274 e. The number of hydrogen-bond donors (Lipinski definition) is 0. The second kappa shape index (κ2) is 8.73. The molecule has 1 aliphatic heterocycles. The van der Waals surface area contributed by atoms with E-state index in [4.69, 9.17) is 5.10 Å². The van der Waals surface area contributed by atoms with E-state index in [1.54, 1.807) is 17.5 Å². The Hall–Kier alpha value is -2.22. The van der Waals surface area contributed by atoms with Crippen LogP contribution in [0.3, 0.4) is 0 Å². The van der Waals surface area contributed by atoms with Crippen LogP contribution in [0.15, 0.2) is 10.9 Å².